The summed E-state index contributed by atoms with van der Waals surface area (Å²) >= 11 is 0. The zero-order chi connectivity index (χ0) is 15.5. The fourth-order valence-electron chi connectivity index (χ4n) is 3.63. The second-order valence-electron chi connectivity index (χ2n) is 7.86. The van der Waals surface area contributed by atoms with E-state index in [0.717, 1.165) is 26.0 Å². The molecule has 21 heavy (non-hydrogen) atoms. The van der Waals surface area contributed by atoms with Gasteiger partial charge in [-0.25, -0.2) is 0 Å². The summed E-state index contributed by atoms with van der Waals surface area (Å²) < 4.78 is 5.82. The first-order chi connectivity index (χ1) is 9.87. The molecule has 2 unspecified atom stereocenters. The SMILES string of the molecule is CC(C)C(CNC1CCOC(C)(C)C1)N1CCN(C)CC1. The number of hydrogen-bond acceptors (Lipinski definition) is 4. The van der Waals surface area contributed by atoms with Gasteiger partial charge in [0.05, 0.1) is 5.60 Å². The standard InChI is InChI=1S/C17H35N3O/c1-14(2)16(20-9-7-19(5)8-10-20)13-18-15-6-11-21-17(3,4)12-15/h14-16,18H,6-13H2,1-5H3. The Morgan fingerprint density at radius 2 is 1.86 bits per heavy atom. The van der Waals surface area contributed by atoms with E-state index in [4.69, 9.17) is 4.74 Å². The summed E-state index contributed by atoms with van der Waals surface area (Å²) in [5, 5.41) is 3.83. The lowest BCUT2D eigenvalue weighted by Gasteiger charge is -2.42. The van der Waals surface area contributed by atoms with Gasteiger partial charge in [-0.15, -0.1) is 0 Å². The number of ether oxygens (including phenoxy) is 1. The molecule has 0 aliphatic carbocycles. The van der Waals surface area contributed by atoms with Gasteiger partial charge in [0.1, 0.15) is 0 Å². The summed E-state index contributed by atoms with van der Waals surface area (Å²) in [5.74, 6) is 0.703. The fourth-order valence-corrected chi connectivity index (χ4v) is 3.63. The third-order valence-corrected chi connectivity index (χ3v) is 5.09. The molecule has 2 aliphatic rings. The Morgan fingerprint density at radius 1 is 1.19 bits per heavy atom. The predicted octanol–water partition coefficient (Wildman–Crippen LogP) is 1.81. The molecular formula is C17H35N3O. The van der Waals surface area contributed by atoms with E-state index in [9.17, 15) is 0 Å². The molecule has 2 fully saturated rings. The monoisotopic (exact) mass is 297 g/mol. The van der Waals surface area contributed by atoms with E-state index in [1.807, 2.05) is 0 Å². The molecule has 0 aromatic heterocycles. The van der Waals surface area contributed by atoms with E-state index in [1.165, 1.54) is 26.2 Å². The minimum absolute atomic E-state index is 0.0388. The molecule has 0 aromatic carbocycles. The second kappa shape index (κ2) is 7.40. The van der Waals surface area contributed by atoms with Crippen LogP contribution in [0.3, 0.4) is 0 Å². The molecule has 0 amide bonds. The topological polar surface area (TPSA) is 27.7 Å². The molecule has 2 rings (SSSR count). The summed E-state index contributed by atoms with van der Waals surface area (Å²) in [6, 6.07) is 1.27. The molecular weight excluding hydrogens is 262 g/mol. The molecule has 4 nitrogen and oxygen atoms in total. The maximum atomic E-state index is 5.82. The zero-order valence-electron chi connectivity index (χ0n) is 14.7. The molecule has 2 saturated heterocycles. The van der Waals surface area contributed by atoms with E-state index >= 15 is 0 Å². The average Bonchev–Trinajstić information content (AvgIpc) is 2.39. The summed E-state index contributed by atoms with van der Waals surface area (Å²) in [6.07, 6.45) is 2.28. The van der Waals surface area contributed by atoms with Crippen LogP contribution in [0.2, 0.25) is 0 Å². The van der Waals surface area contributed by atoms with Crippen molar-refractivity contribution in [1.29, 1.82) is 0 Å². The van der Waals surface area contributed by atoms with Gasteiger partial charge in [0.15, 0.2) is 0 Å². The first-order valence-corrected chi connectivity index (χ1v) is 8.67. The molecule has 4 heteroatoms. The fraction of sp³-hybridized carbons (Fsp3) is 1.00. The van der Waals surface area contributed by atoms with Crippen LogP contribution in [-0.4, -0.2) is 73.9 Å². The summed E-state index contributed by atoms with van der Waals surface area (Å²) in [7, 11) is 2.23. The first kappa shape index (κ1) is 17.2. The predicted molar refractivity (Wildman–Crippen MR) is 88.8 cm³/mol. The van der Waals surface area contributed by atoms with Crippen molar-refractivity contribution in [3.63, 3.8) is 0 Å². The number of likely N-dealkylation sites (N-methyl/N-ethyl adjacent to an activating group) is 1. The largest absolute Gasteiger partial charge is 0.375 e. The summed E-state index contributed by atoms with van der Waals surface area (Å²) in [6.45, 7) is 16.0. The second-order valence-corrected chi connectivity index (χ2v) is 7.86. The van der Waals surface area contributed by atoms with Gasteiger partial charge in [0.25, 0.3) is 0 Å². The van der Waals surface area contributed by atoms with Crippen LogP contribution < -0.4 is 5.32 Å². The highest BCUT2D eigenvalue weighted by atomic mass is 16.5. The Hall–Kier alpha value is -0.160. The van der Waals surface area contributed by atoms with Crippen LogP contribution in [0, 0.1) is 5.92 Å². The lowest BCUT2D eigenvalue weighted by molar-refractivity contribution is -0.0638. The van der Waals surface area contributed by atoms with Crippen LogP contribution in [0.5, 0.6) is 0 Å². The van der Waals surface area contributed by atoms with E-state index in [2.05, 4.69) is 49.9 Å². The van der Waals surface area contributed by atoms with Gasteiger partial charge >= 0.3 is 0 Å². The number of nitrogens with one attached hydrogen (secondary N) is 1. The van der Waals surface area contributed by atoms with Crippen LogP contribution in [0.15, 0.2) is 0 Å². The summed E-state index contributed by atoms with van der Waals surface area (Å²) in [5.41, 5.74) is 0.0388. The average molecular weight is 297 g/mol. The van der Waals surface area contributed by atoms with Crippen molar-refractivity contribution >= 4 is 0 Å². The maximum Gasteiger partial charge on any atom is 0.0641 e. The lowest BCUT2D eigenvalue weighted by atomic mass is 9.93. The normalized spacial score (nSPS) is 29.7. The van der Waals surface area contributed by atoms with Crippen LogP contribution >= 0.6 is 0 Å². The van der Waals surface area contributed by atoms with Crippen molar-refractivity contribution in [3.05, 3.63) is 0 Å². The van der Waals surface area contributed by atoms with E-state index in [-0.39, 0.29) is 5.60 Å². The molecule has 124 valence electrons. The van der Waals surface area contributed by atoms with Crippen LogP contribution in [0.4, 0.5) is 0 Å². The van der Waals surface area contributed by atoms with Gasteiger partial charge in [-0.3, -0.25) is 4.90 Å². The van der Waals surface area contributed by atoms with Crippen molar-refractivity contribution in [2.45, 2.75) is 58.2 Å². The molecule has 1 N–H and O–H groups in total. The molecule has 2 atom stereocenters. The minimum atomic E-state index is 0.0388. The van der Waals surface area contributed by atoms with Crippen molar-refractivity contribution < 1.29 is 4.74 Å². The Morgan fingerprint density at radius 3 is 2.43 bits per heavy atom. The molecule has 0 aromatic rings. The van der Waals surface area contributed by atoms with Gasteiger partial charge in [-0.05, 0) is 39.7 Å². The van der Waals surface area contributed by atoms with Gasteiger partial charge in [0.2, 0.25) is 0 Å². The molecule has 0 spiro atoms. The number of piperazine rings is 1. The van der Waals surface area contributed by atoms with Crippen molar-refractivity contribution in [3.8, 4) is 0 Å². The van der Waals surface area contributed by atoms with Gasteiger partial charge in [-0.1, -0.05) is 13.8 Å². The first-order valence-electron chi connectivity index (χ1n) is 8.67. The van der Waals surface area contributed by atoms with Crippen molar-refractivity contribution in [2.24, 2.45) is 5.92 Å². The maximum absolute atomic E-state index is 5.82. The molecule has 0 bridgehead atoms. The van der Waals surface area contributed by atoms with E-state index in [0.29, 0.717) is 18.0 Å². The highest BCUT2D eigenvalue weighted by Crippen LogP contribution is 2.24. The van der Waals surface area contributed by atoms with Crippen molar-refractivity contribution in [2.75, 3.05) is 46.4 Å². The third kappa shape index (κ3) is 5.20. The highest BCUT2D eigenvalue weighted by molar-refractivity contribution is 4.86. The Bertz CT molecular complexity index is 311. The van der Waals surface area contributed by atoms with Gasteiger partial charge in [0, 0.05) is 51.4 Å². The van der Waals surface area contributed by atoms with E-state index < -0.39 is 0 Å². The highest BCUT2D eigenvalue weighted by Gasteiger charge is 2.30. The summed E-state index contributed by atoms with van der Waals surface area (Å²) in [4.78, 5) is 5.12. The van der Waals surface area contributed by atoms with E-state index in [1.54, 1.807) is 0 Å². The van der Waals surface area contributed by atoms with Gasteiger partial charge in [-0.2, -0.15) is 0 Å². The third-order valence-electron chi connectivity index (χ3n) is 5.09. The zero-order valence-corrected chi connectivity index (χ0v) is 14.7. The van der Waals surface area contributed by atoms with Crippen LogP contribution in [-0.2, 0) is 4.74 Å². The van der Waals surface area contributed by atoms with Crippen LogP contribution in [0.25, 0.3) is 0 Å². The number of hydrogen-bond donors (Lipinski definition) is 1. The van der Waals surface area contributed by atoms with Gasteiger partial charge < -0.3 is 15.0 Å². The number of rotatable bonds is 5. The Labute approximate surface area is 131 Å². The smallest absolute Gasteiger partial charge is 0.0641 e. The lowest BCUT2D eigenvalue weighted by Crippen LogP contribution is -2.55. The Kier molecular flexibility index (Phi) is 6.06. The number of nitrogens with zero attached hydrogens (tertiary/aromatic N) is 2. The minimum Gasteiger partial charge on any atom is -0.375 e. The molecule has 0 saturated carbocycles. The van der Waals surface area contributed by atoms with Crippen molar-refractivity contribution in [1.82, 2.24) is 15.1 Å². The Balaban J connectivity index is 1.83. The molecule has 2 heterocycles. The molecule has 2 aliphatic heterocycles. The molecule has 0 radical (unpaired) electrons. The van der Waals surface area contributed by atoms with Crippen LogP contribution in [0.1, 0.15) is 40.5 Å². The quantitative estimate of drug-likeness (QED) is 0.837.